The van der Waals surface area contributed by atoms with Crippen LogP contribution in [-0.4, -0.2) is 32.6 Å². The first kappa shape index (κ1) is 18.7. The summed E-state index contributed by atoms with van der Waals surface area (Å²) in [5.41, 5.74) is 2.22. The number of benzene rings is 1. The summed E-state index contributed by atoms with van der Waals surface area (Å²) in [5, 5.41) is 11.5. The summed E-state index contributed by atoms with van der Waals surface area (Å²) in [6.07, 6.45) is 7.61. The van der Waals surface area contributed by atoms with E-state index in [0.29, 0.717) is 34.9 Å². The lowest BCUT2D eigenvalue weighted by Gasteiger charge is -2.09. The topological polar surface area (TPSA) is 78.4 Å². The monoisotopic (exact) mass is 366 g/mol. The van der Waals surface area contributed by atoms with E-state index in [0.717, 1.165) is 19.4 Å². The molecule has 2 N–H and O–H groups in total. The second kappa shape index (κ2) is 8.53. The van der Waals surface area contributed by atoms with Gasteiger partial charge in [0.1, 0.15) is 17.3 Å². The van der Waals surface area contributed by atoms with Crippen molar-refractivity contribution >= 4 is 17.3 Å². The molecule has 0 spiro atoms. The van der Waals surface area contributed by atoms with E-state index >= 15 is 0 Å². The number of aliphatic imine (C=N–C) groups is 1. The number of aromatic nitrogens is 3. The molecule has 0 bridgehead atoms. The van der Waals surface area contributed by atoms with Crippen LogP contribution < -0.4 is 5.32 Å². The fraction of sp³-hybridized carbons (Fsp3) is 0.300. The standard InChI is InChI=1S/C20H23FN6/c1-3-4-9-23-14(2)25-19(22)18-13-27-11-10-24-20(27)17(26-18)12-15-7-5-6-8-16(15)21/h5-8,10-11,13H,3-4,9,12H2,1-2H3,(H2,22,23,25). The number of unbranched alkanes of at least 4 members (excludes halogenated alkanes) is 1. The van der Waals surface area contributed by atoms with Gasteiger partial charge in [0.15, 0.2) is 11.5 Å². The number of halogens is 1. The molecule has 1 aromatic carbocycles. The summed E-state index contributed by atoms with van der Waals surface area (Å²) in [6, 6.07) is 6.61. The van der Waals surface area contributed by atoms with Crippen LogP contribution in [0.5, 0.6) is 0 Å². The Balaban J connectivity index is 1.90. The molecule has 0 saturated carbocycles. The van der Waals surface area contributed by atoms with Crippen molar-refractivity contribution in [3.8, 4) is 0 Å². The lowest BCUT2D eigenvalue weighted by molar-refractivity contribution is 0.613. The zero-order valence-corrected chi connectivity index (χ0v) is 15.5. The highest BCUT2D eigenvalue weighted by atomic mass is 19.1. The van der Waals surface area contributed by atoms with Crippen molar-refractivity contribution in [1.82, 2.24) is 19.7 Å². The van der Waals surface area contributed by atoms with Crippen molar-refractivity contribution in [3.05, 3.63) is 65.6 Å². The van der Waals surface area contributed by atoms with Gasteiger partial charge in [-0.1, -0.05) is 31.5 Å². The Morgan fingerprint density at radius 3 is 2.93 bits per heavy atom. The Morgan fingerprint density at radius 1 is 1.33 bits per heavy atom. The van der Waals surface area contributed by atoms with Crippen LogP contribution in [-0.2, 0) is 6.42 Å². The summed E-state index contributed by atoms with van der Waals surface area (Å²) in [4.78, 5) is 13.2. The van der Waals surface area contributed by atoms with Gasteiger partial charge in [-0.2, -0.15) is 0 Å². The van der Waals surface area contributed by atoms with Gasteiger partial charge in [-0.15, -0.1) is 0 Å². The Bertz CT molecular complexity index is 976. The molecule has 2 heterocycles. The van der Waals surface area contributed by atoms with Crippen LogP contribution in [0.15, 0.2) is 47.8 Å². The maximum absolute atomic E-state index is 14.1. The zero-order chi connectivity index (χ0) is 19.2. The van der Waals surface area contributed by atoms with Crippen LogP contribution in [0.2, 0.25) is 0 Å². The van der Waals surface area contributed by atoms with Gasteiger partial charge in [0.25, 0.3) is 0 Å². The molecular formula is C20H23FN6. The van der Waals surface area contributed by atoms with Gasteiger partial charge in [-0.25, -0.2) is 19.4 Å². The highest BCUT2D eigenvalue weighted by Crippen LogP contribution is 2.16. The Morgan fingerprint density at radius 2 is 2.15 bits per heavy atom. The molecule has 0 atom stereocenters. The molecule has 0 amide bonds. The molecule has 6 nitrogen and oxygen atoms in total. The summed E-state index contributed by atoms with van der Waals surface area (Å²) in [5.74, 6) is 0.456. The SMILES string of the molecule is CCCCN/C(C)=N\C(=N)c1cn2ccnc2c(Cc2ccccc2F)n1. The largest absolute Gasteiger partial charge is 0.374 e. The molecule has 27 heavy (non-hydrogen) atoms. The van der Waals surface area contributed by atoms with Gasteiger partial charge in [-0.05, 0) is 25.0 Å². The number of nitrogens with one attached hydrogen (secondary N) is 2. The Labute approximate surface area is 157 Å². The summed E-state index contributed by atoms with van der Waals surface area (Å²) < 4.78 is 15.8. The van der Waals surface area contributed by atoms with Gasteiger partial charge >= 0.3 is 0 Å². The van der Waals surface area contributed by atoms with E-state index in [4.69, 9.17) is 5.41 Å². The van der Waals surface area contributed by atoms with Crippen molar-refractivity contribution in [2.45, 2.75) is 33.1 Å². The Hall–Kier alpha value is -3.09. The maximum Gasteiger partial charge on any atom is 0.174 e. The molecular weight excluding hydrogens is 343 g/mol. The quantitative estimate of drug-likeness (QED) is 0.397. The second-order valence-electron chi connectivity index (χ2n) is 6.33. The summed E-state index contributed by atoms with van der Waals surface area (Å²) >= 11 is 0. The zero-order valence-electron chi connectivity index (χ0n) is 15.5. The molecule has 0 unspecified atom stereocenters. The van der Waals surface area contributed by atoms with Crippen molar-refractivity contribution in [3.63, 3.8) is 0 Å². The number of rotatable bonds is 6. The van der Waals surface area contributed by atoms with Crippen molar-refractivity contribution in [2.75, 3.05) is 6.54 Å². The number of hydrogen-bond donors (Lipinski definition) is 2. The van der Waals surface area contributed by atoms with Gasteiger partial charge in [0.05, 0.1) is 5.69 Å². The third-order valence-corrected chi connectivity index (χ3v) is 4.19. The molecule has 7 heteroatoms. The molecule has 0 aliphatic heterocycles. The van der Waals surface area contributed by atoms with E-state index in [9.17, 15) is 4.39 Å². The van der Waals surface area contributed by atoms with Crippen LogP contribution >= 0.6 is 0 Å². The number of amidine groups is 2. The summed E-state index contributed by atoms with van der Waals surface area (Å²) in [6.45, 7) is 4.78. The fourth-order valence-corrected chi connectivity index (χ4v) is 2.76. The average Bonchev–Trinajstić information content (AvgIpc) is 3.12. The lowest BCUT2D eigenvalue weighted by Crippen LogP contribution is -2.23. The molecule has 0 aliphatic carbocycles. The minimum Gasteiger partial charge on any atom is -0.374 e. The predicted molar refractivity (Wildman–Crippen MR) is 105 cm³/mol. The fourth-order valence-electron chi connectivity index (χ4n) is 2.76. The van der Waals surface area contributed by atoms with E-state index in [1.807, 2.05) is 6.92 Å². The first-order chi connectivity index (χ1) is 13.1. The van der Waals surface area contributed by atoms with Crippen molar-refractivity contribution in [1.29, 1.82) is 5.41 Å². The maximum atomic E-state index is 14.1. The molecule has 3 rings (SSSR count). The minimum absolute atomic E-state index is 0.0573. The van der Waals surface area contributed by atoms with Gasteiger partial charge in [0, 0.05) is 31.6 Å². The van der Waals surface area contributed by atoms with Gasteiger partial charge < -0.3 is 9.72 Å². The predicted octanol–water partition coefficient (Wildman–Crippen LogP) is 3.59. The van der Waals surface area contributed by atoms with E-state index in [1.54, 1.807) is 41.2 Å². The second-order valence-corrected chi connectivity index (χ2v) is 6.33. The van der Waals surface area contributed by atoms with Crippen LogP contribution in [0, 0.1) is 11.2 Å². The van der Waals surface area contributed by atoms with Crippen molar-refractivity contribution < 1.29 is 4.39 Å². The minimum atomic E-state index is -0.279. The van der Waals surface area contributed by atoms with Gasteiger partial charge in [-0.3, -0.25) is 5.41 Å². The van der Waals surface area contributed by atoms with Gasteiger partial charge in [0.2, 0.25) is 0 Å². The number of nitrogens with zero attached hydrogens (tertiary/aromatic N) is 4. The third-order valence-electron chi connectivity index (χ3n) is 4.19. The van der Waals surface area contributed by atoms with Crippen LogP contribution in [0.25, 0.3) is 5.65 Å². The van der Waals surface area contributed by atoms with E-state index in [2.05, 4.69) is 27.2 Å². The van der Waals surface area contributed by atoms with Crippen LogP contribution in [0.3, 0.4) is 0 Å². The molecule has 3 aromatic rings. The molecule has 2 aromatic heterocycles. The highest BCUT2D eigenvalue weighted by molar-refractivity contribution is 6.03. The van der Waals surface area contributed by atoms with Crippen LogP contribution in [0.4, 0.5) is 4.39 Å². The smallest absolute Gasteiger partial charge is 0.174 e. The van der Waals surface area contributed by atoms with Crippen molar-refractivity contribution in [2.24, 2.45) is 4.99 Å². The molecule has 0 saturated heterocycles. The summed E-state index contributed by atoms with van der Waals surface area (Å²) in [7, 11) is 0. The molecule has 0 radical (unpaired) electrons. The van der Waals surface area contributed by atoms with Crippen LogP contribution in [0.1, 0.15) is 43.6 Å². The van der Waals surface area contributed by atoms with E-state index in [1.165, 1.54) is 6.07 Å². The third kappa shape index (κ3) is 4.55. The average molecular weight is 366 g/mol. The normalized spacial score (nSPS) is 11.7. The molecule has 0 fully saturated rings. The number of hydrogen-bond acceptors (Lipinski definition) is 3. The first-order valence-electron chi connectivity index (χ1n) is 9.02. The van der Waals surface area contributed by atoms with E-state index in [-0.39, 0.29) is 11.7 Å². The number of fused-ring (bicyclic) bond motifs is 1. The lowest BCUT2D eigenvalue weighted by atomic mass is 10.1. The molecule has 140 valence electrons. The number of imidazole rings is 1. The highest BCUT2D eigenvalue weighted by Gasteiger charge is 2.13. The first-order valence-corrected chi connectivity index (χ1v) is 9.02. The van der Waals surface area contributed by atoms with E-state index < -0.39 is 0 Å². The molecule has 0 aliphatic rings. The Kier molecular flexibility index (Phi) is 5.90.